The fourth-order valence-electron chi connectivity index (χ4n) is 2.25. The number of nitrogens with zero attached hydrogens (tertiary/aromatic N) is 1. The van der Waals surface area contributed by atoms with Gasteiger partial charge in [-0.25, -0.2) is 4.39 Å². The summed E-state index contributed by atoms with van der Waals surface area (Å²) in [6, 6.07) is 6.90. The number of benzene rings is 1. The Hall–Kier alpha value is -1.46. The zero-order chi connectivity index (χ0) is 13.7. The van der Waals surface area contributed by atoms with E-state index in [2.05, 4.69) is 22.5 Å². The second-order valence-corrected chi connectivity index (χ2v) is 4.96. The van der Waals surface area contributed by atoms with Crippen molar-refractivity contribution in [3.63, 3.8) is 0 Å². The third-order valence-corrected chi connectivity index (χ3v) is 3.25. The number of piperazine rings is 1. The normalized spacial score (nSPS) is 20.2. The van der Waals surface area contributed by atoms with E-state index in [1.807, 2.05) is 0 Å². The standard InChI is InChI=1S/C14H20FN3O/c1-11-9-18(7-6-16-11)10-14(19)17-8-12-4-2-3-5-13(12)15/h2-5,11,16H,6-10H2,1H3,(H,17,19)/t11-/m1/s1. The lowest BCUT2D eigenvalue weighted by atomic mass is 10.2. The molecule has 0 bridgehead atoms. The van der Waals surface area contributed by atoms with Gasteiger partial charge >= 0.3 is 0 Å². The van der Waals surface area contributed by atoms with Crippen molar-refractivity contribution in [3.8, 4) is 0 Å². The van der Waals surface area contributed by atoms with E-state index < -0.39 is 0 Å². The molecular formula is C14H20FN3O. The average Bonchev–Trinajstić information content (AvgIpc) is 2.38. The second-order valence-electron chi connectivity index (χ2n) is 4.96. The van der Waals surface area contributed by atoms with E-state index in [1.165, 1.54) is 6.07 Å². The smallest absolute Gasteiger partial charge is 0.234 e. The van der Waals surface area contributed by atoms with Gasteiger partial charge in [-0.15, -0.1) is 0 Å². The molecule has 1 heterocycles. The van der Waals surface area contributed by atoms with Crippen LogP contribution in [0, 0.1) is 5.82 Å². The third kappa shape index (κ3) is 4.29. The van der Waals surface area contributed by atoms with Gasteiger partial charge in [-0.1, -0.05) is 18.2 Å². The lowest BCUT2D eigenvalue weighted by molar-refractivity contribution is -0.122. The molecule has 0 aromatic heterocycles. The number of amides is 1. The summed E-state index contributed by atoms with van der Waals surface area (Å²) in [4.78, 5) is 13.9. The van der Waals surface area contributed by atoms with E-state index in [9.17, 15) is 9.18 Å². The highest BCUT2D eigenvalue weighted by atomic mass is 19.1. The van der Waals surface area contributed by atoms with Gasteiger partial charge in [0.2, 0.25) is 5.91 Å². The van der Waals surface area contributed by atoms with Crippen LogP contribution in [0.1, 0.15) is 12.5 Å². The van der Waals surface area contributed by atoms with Crippen molar-refractivity contribution in [1.29, 1.82) is 0 Å². The zero-order valence-corrected chi connectivity index (χ0v) is 11.2. The predicted octanol–water partition coefficient (Wildman–Crippen LogP) is 0.736. The lowest BCUT2D eigenvalue weighted by Crippen LogP contribution is -2.51. The molecule has 1 fully saturated rings. The topological polar surface area (TPSA) is 44.4 Å². The lowest BCUT2D eigenvalue weighted by Gasteiger charge is -2.31. The van der Waals surface area contributed by atoms with E-state index in [0.717, 1.165) is 19.6 Å². The number of nitrogens with one attached hydrogen (secondary N) is 2. The summed E-state index contributed by atoms with van der Waals surface area (Å²) in [5.74, 6) is -0.337. The zero-order valence-electron chi connectivity index (χ0n) is 11.2. The fourth-order valence-corrected chi connectivity index (χ4v) is 2.25. The second kappa shape index (κ2) is 6.63. The molecule has 1 aliphatic heterocycles. The van der Waals surface area contributed by atoms with Crippen molar-refractivity contribution in [2.24, 2.45) is 0 Å². The molecule has 104 valence electrons. The van der Waals surface area contributed by atoms with Crippen LogP contribution in [0.3, 0.4) is 0 Å². The van der Waals surface area contributed by atoms with E-state index in [-0.39, 0.29) is 18.3 Å². The van der Waals surface area contributed by atoms with Crippen LogP contribution < -0.4 is 10.6 Å². The van der Waals surface area contributed by atoms with Gasteiger partial charge in [-0.05, 0) is 13.0 Å². The van der Waals surface area contributed by atoms with Crippen LogP contribution in [0.15, 0.2) is 24.3 Å². The molecule has 1 aromatic carbocycles. The molecular weight excluding hydrogens is 245 g/mol. The minimum absolute atomic E-state index is 0.0580. The first-order chi connectivity index (χ1) is 9.15. The Labute approximate surface area is 113 Å². The first-order valence-corrected chi connectivity index (χ1v) is 6.61. The number of carbonyl (C=O) groups is 1. The highest BCUT2D eigenvalue weighted by Crippen LogP contribution is 2.05. The first kappa shape index (κ1) is 14.0. The molecule has 0 aliphatic carbocycles. The Balaban J connectivity index is 1.77. The Morgan fingerprint density at radius 3 is 3.05 bits per heavy atom. The van der Waals surface area contributed by atoms with Crippen LogP contribution in [-0.4, -0.2) is 43.0 Å². The summed E-state index contributed by atoms with van der Waals surface area (Å²) in [6.45, 7) is 5.36. The Kier molecular flexibility index (Phi) is 4.87. The number of hydrogen-bond acceptors (Lipinski definition) is 3. The number of halogens is 1. The molecule has 2 rings (SSSR count). The highest BCUT2D eigenvalue weighted by molar-refractivity contribution is 5.78. The van der Waals surface area contributed by atoms with Gasteiger partial charge in [-0.3, -0.25) is 9.69 Å². The first-order valence-electron chi connectivity index (χ1n) is 6.61. The summed E-state index contributed by atoms with van der Waals surface area (Å²) in [5.41, 5.74) is 0.518. The molecule has 5 heteroatoms. The molecule has 0 unspecified atom stereocenters. The number of carbonyl (C=O) groups excluding carboxylic acids is 1. The quantitative estimate of drug-likeness (QED) is 0.844. The average molecular weight is 265 g/mol. The van der Waals surface area contributed by atoms with Crippen molar-refractivity contribution in [2.45, 2.75) is 19.5 Å². The number of hydrogen-bond donors (Lipinski definition) is 2. The van der Waals surface area contributed by atoms with E-state index in [4.69, 9.17) is 0 Å². The van der Waals surface area contributed by atoms with Gasteiger partial charge < -0.3 is 10.6 Å². The SMILES string of the molecule is C[C@@H]1CN(CC(=O)NCc2ccccc2F)CCN1. The summed E-state index contributed by atoms with van der Waals surface area (Å²) in [5, 5.41) is 6.09. The van der Waals surface area contributed by atoms with Gasteiger partial charge in [0.15, 0.2) is 0 Å². The van der Waals surface area contributed by atoms with Crippen LogP contribution in [-0.2, 0) is 11.3 Å². The van der Waals surface area contributed by atoms with Crippen LogP contribution in [0.2, 0.25) is 0 Å². The molecule has 1 saturated heterocycles. The van der Waals surface area contributed by atoms with Crippen molar-refractivity contribution >= 4 is 5.91 Å². The predicted molar refractivity (Wildman–Crippen MR) is 72.2 cm³/mol. The molecule has 19 heavy (non-hydrogen) atoms. The Morgan fingerprint density at radius 1 is 1.53 bits per heavy atom. The van der Waals surface area contributed by atoms with Crippen LogP contribution >= 0.6 is 0 Å². The van der Waals surface area contributed by atoms with Gasteiger partial charge in [0.1, 0.15) is 5.82 Å². The van der Waals surface area contributed by atoms with E-state index >= 15 is 0 Å². The van der Waals surface area contributed by atoms with Crippen molar-refractivity contribution in [1.82, 2.24) is 15.5 Å². The van der Waals surface area contributed by atoms with Crippen LogP contribution in [0.5, 0.6) is 0 Å². The van der Waals surface area contributed by atoms with E-state index in [1.54, 1.807) is 18.2 Å². The minimum atomic E-state index is -0.279. The molecule has 1 aromatic rings. The monoisotopic (exact) mass is 265 g/mol. The Bertz CT molecular complexity index is 438. The molecule has 1 atom stereocenters. The summed E-state index contributed by atoms with van der Waals surface area (Å²) >= 11 is 0. The minimum Gasteiger partial charge on any atom is -0.351 e. The van der Waals surface area contributed by atoms with E-state index in [0.29, 0.717) is 18.2 Å². The molecule has 2 N–H and O–H groups in total. The molecule has 0 spiro atoms. The summed E-state index contributed by atoms with van der Waals surface area (Å²) in [6.07, 6.45) is 0. The summed E-state index contributed by atoms with van der Waals surface area (Å²) < 4.78 is 13.4. The van der Waals surface area contributed by atoms with Gasteiger partial charge in [-0.2, -0.15) is 0 Å². The molecule has 4 nitrogen and oxygen atoms in total. The third-order valence-electron chi connectivity index (χ3n) is 3.25. The maximum absolute atomic E-state index is 13.4. The van der Waals surface area contributed by atoms with Crippen molar-refractivity contribution in [2.75, 3.05) is 26.2 Å². The molecule has 1 amide bonds. The van der Waals surface area contributed by atoms with Gasteiger partial charge in [0, 0.05) is 37.8 Å². The van der Waals surface area contributed by atoms with Crippen molar-refractivity contribution in [3.05, 3.63) is 35.6 Å². The number of rotatable bonds is 4. The summed E-state index contributed by atoms with van der Waals surface area (Å²) in [7, 11) is 0. The highest BCUT2D eigenvalue weighted by Gasteiger charge is 2.17. The Morgan fingerprint density at radius 2 is 2.32 bits per heavy atom. The fraction of sp³-hybridized carbons (Fsp3) is 0.500. The van der Waals surface area contributed by atoms with Gasteiger partial charge in [0.25, 0.3) is 0 Å². The molecule has 0 radical (unpaired) electrons. The molecule has 0 saturated carbocycles. The van der Waals surface area contributed by atoms with Crippen molar-refractivity contribution < 1.29 is 9.18 Å². The van der Waals surface area contributed by atoms with Crippen LogP contribution in [0.4, 0.5) is 4.39 Å². The van der Waals surface area contributed by atoms with Crippen LogP contribution in [0.25, 0.3) is 0 Å². The maximum atomic E-state index is 13.4. The maximum Gasteiger partial charge on any atom is 0.234 e. The van der Waals surface area contributed by atoms with Gasteiger partial charge in [0.05, 0.1) is 6.54 Å². The molecule has 1 aliphatic rings. The largest absolute Gasteiger partial charge is 0.351 e.